The lowest BCUT2D eigenvalue weighted by molar-refractivity contribution is -0.154. The number of allylic oxidation sites excluding steroid dienone is 6. The molecule has 0 amide bonds. The first-order chi connectivity index (χ1) is 9.72. The average Bonchev–Trinajstić information content (AvgIpc) is 2.92. The molecule has 4 aliphatic carbocycles. The van der Waals surface area contributed by atoms with Crippen molar-refractivity contribution in [1.82, 2.24) is 0 Å². The number of hydrogen-bond acceptors (Lipinski definition) is 1. The van der Waals surface area contributed by atoms with Gasteiger partial charge in [-0.05, 0) is 67.9 Å². The summed E-state index contributed by atoms with van der Waals surface area (Å²) >= 11 is 0. The van der Waals surface area contributed by atoms with Crippen molar-refractivity contribution < 1.29 is 9.90 Å². The molecule has 2 unspecified atom stereocenters. The van der Waals surface area contributed by atoms with Crippen LogP contribution in [0.2, 0.25) is 0 Å². The highest BCUT2D eigenvalue weighted by atomic mass is 16.4. The van der Waals surface area contributed by atoms with Gasteiger partial charge in [-0.3, -0.25) is 4.79 Å². The lowest BCUT2D eigenvalue weighted by Crippen LogP contribution is -2.43. The standard InChI is InChI=1S/C18H22O2/c19-17(20)18-10-3-6-16(18)15-8-7-12-4-1-2-5-13(12)14(15)9-11-18/h1-2,4,15-16H,3,5-11H2,(H,19,20)/t15?,16?,18-/m1/s1. The number of carboxylic acids is 1. The van der Waals surface area contributed by atoms with Crippen LogP contribution >= 0.6 is 0 Å². The molecule has 3 atom stereocenters. The van der Waals surface area contributed by atoms with Gasteiger partial charge >= 0.3 is 5.97 Å². The maximum atomic E-state index is 11.9. The number of aliphatic carboxylic acids is 1. The fourth-order valence-electron chi connectivity index (χ4n) is 5.39. The zero-order valence-electron chi connectivity index (χ0n) is 11.9. The summed E-state index contributed by atoms with van der Waals surface area (Å²) in [4.78, 5) is 11.9. The van der Waals surface area contributed by atoms with Gasteiger partial charge in [-0.15, -0.1) is 0 Å². The van der Waals surface area contributed by atoms with Crippen LogP contribution in [0.15, 0.2) is 34.9 Å². The molecule has 0 radical (unpaired) electrons. The highest BCUT2D eigenvalue weighted by molar-refractivity contribution is 5.76. The summed E-state index contributed by atoms with van der Waals surface area (Å²) < 4.78 is 0. The van der Waals surface area contributed by atoms with Crippen LogP contribution in [0.5, 0.6) is 0 Å². The first kappa shape index (κ1) is 12.4. The summed E-state index contributed by atoms with van der Waals surface area (Å²) in [5.74, 6) is 0.443. The highest BCUT2D eigenvalue weighted by Crippen LogP contribution is 2.60. The van der Waals surface area contributed by atoms with Crippen molar-refractivity contribution in [3.05, 3.63) is 34.9 Å². The van der Waals surface area contributed by atoms with Gasteiger partial charge in [0.2, 0.25) is 0 Å². The molecule has 0 heterocycles. The third-order valence-electron chi connectivity index (χ3n) is 6.30. The van der Waals surface area contributed by atoms with Gasteiger partial charge in [0.05, 0.1) is 5.41 Å². The summed E-state index contributed by atoms with van der Waals surface area (Å²) in [5.41, 5.74) is 4.32. The molecular weight excluding hydrogens is 248 g/mol. The van der Waals surface area contributed by atoms with Gasteiger partial charge < -0.3 is 5.11 Å². The van der Waals surface area contributed by atoms with E-state index in [1.165, 1.54) is 12.0 Å². The molecule has 0 saturated heterocycles. The second-order valence-corrected chi connectivity index (χ2v) is 6.93. The number of hydrogen-bond donors (Lipinski definition) is 1. The number of carbonyl (C=O) groups is 1. The van der Waals surface area contributed by atoms with Crippen LogP contribution < -0.4 is 0 Å². The van der Waals surface area contributed by atoms with Gasteiger partial charge in [0.15, 0.2) is 0 Å². The van der Waals surface area contributed by atoms with Gasteiger partial charge in [-0.1, -0.05) is 30.2 Å². The molecule has 106 valence electrons. The molecule has 2 nitrogen and oxygen atoms in total. The third-order valence-corrected chi connectivity index (χ3v) is 6.30. The Morgan fingerprint density at radius 3 is 3.00 bits per heavy atom. The van der Waals surface area contributed by atoms with Crippen LogP contribution in [0, 0.1) is 17.3 Å². The fraction of sp³-hybridized carbons (Fsp3) is 0.611. The lowest BCUT2D eigenvalue weighted by atomic mass is 9.57. The van der Waals surface area contributed by atoms with Crippen molar-refractivity contribution in [1.29, 1.82) is 0 Å². The Balaban J connectivity index is 1.76. The van der Waals surface area contributed by atoms with E-state index in [4.69, 9.17) is 0 Å². The number of rotatable bonds is 1. The van der Waals surface area contributed by atoms with Crippen molar-refractivity contribution in [3.8, 4) is 0 Å². The highest BCUT2D eigenvalue weighted by Gasteiger charge is 2.55. The first-order valence-corrected chi connectivity index (χ1v) is 8.04. The van der Waals surface area contributed by atoms with E-state index in [0.717, 1.165) is 44.9 Å². The maximum Gasteiger partial charge on any atom is 0.309 e. The molecule has 0 aromatic rings. The summed E-state index contributed by atoms with van der Waals surface area (Å²) in [6.45, 7) is 0. The maximum absolute atomic E-state index is 11.9. The number of carboxylic acid groups (broad SMARTS) is 1. The van der Waals surface area contributed by atoms with E-state index < -0.39 is 5.97 Å². The van der Waals surface area contributed by atoms with E-state index in [1.54, 1.807) is 11.1 Å². The fourth-order valence-corrected chi connectivity index (χ4v) is 5.39. The van der Waals surface area contributed by atoms with E-state index in [1.807, 2.05) is 0 Å². The monoisotopic (exact) mass is 270 g/mol. The largest absolute Gasteiger partial charge is 0.481 e. The first-order valence-electron chi connectivity index (χ1n) is 8.04. The smallest absolute Gasteiger partial charge is 0.309 e. The minimum atomic E-state index is -0.520. The van der Waals surface area contributed by atoms with E-state index in [-0.39, 0.29) is 5.41 Å². The normalized spacial score (nSPS) is 38.9. The lowest BCUT2D eigenvalue weighted by Gasteiger charge is -2.46. The van der Waals surface area contributed by atoms with E-state index in [9.17, 15) is 9.90 Å². The Kier molecular flexibility index (Phi) is 2.70. The van der Waals surface area contributed by atoms with Crippen LogP contribution in [0.4, 0.5) is 0 Å². The molecule has 2 heteroatoms. The minimum Gasteiger partial charge on any atom is -0.481 e. The Labute approximate surface area is 120 Å². The molecule has 4 aliphatic rings. The van der Waals surface area contributed by atoms with Crippen LogP contribution in [0.25, 0.3) is 0 Å². The van der Waals surface area contributed by atoms with Gasteiger partial charge in [-0.2, -0.15) is 0 Å². The third kappa shape index (κ3) is 1.54. The minimum absolute atomic E-state index is 0.388. The van der Waals surface area contributed by atoms with E-state index in [0.29, 0.717) is 11.8 Å². The second kappa shape index (κ2) is 4.34. The van der Waals surface area contributed by atoms with Crippen molar-refractivity contribution in [2.45, 2.75) is 51.4 Å². The van der Waals surface area contributed by atoms with Crippen molar-refractivity contribution in [3.63, 3.8) is 0 Å². The Morgan fingerprint density at radius 2 is 2.15 bits per heavy atom. The molecule has 0 aromatic carbocycles. The van der Waals surface area contributed by atoms with E-state index in [2.05, 4.69) is 18.2 Å². The van der Waals surface area contributed by atoms with Crippen molar-refractivity contribution in [2.24, 2.45) is 17.3 Å². The molecule has 2 fully saturated rings. The van der Waals surface area contributed by atoms with Gasteiger partial charge in [-0.25, -0.2) is 0 Å². The Bertz CT molecular complexity index is 552. The van der Waals surface area contributed by atoms with Crippen molar-refractivity contribution >= 4 is 5.97 Å². The summed E-state index contributed by atoms with van der Waals surface area (Å²) in [7, 11) is 0. The molecular formula is C18H22O2. The van der Waals surface area contributed by atoms with Crippen molar-refractivity contribution in [2.75, 3.05) is 0 Å². The van der Waals surface area contributed by atoms with E-state index >= 15 is 0 Å². The summed E-state index contributed by atoms with van der Waals surface area (Å²) in [6.07, 6.45) is 15.2. The molecule has 0 spiro atoms. The second-order valence-electron chi connectivity index (χ2n) is 6.93. The molecule has 0 aromatic heterocycles. The molecule has 2 saturated carbocycles. The zero-order chi connectivity index (χ0) is 13.7. The Hall–Kier alpha value is -1.31. The van der Waals surface area contributed by atoms with Crippen LogP contribution in [-0.4, -0.2) is 11.1 Å². The topological polar surface area (TPSA) is 37.3 Å². The van der Waals surface area contributed by atoms with Gasteiger partial charge in [0, 0.05) is 0 Å². The molecule has 20 heavy (non-hydrogen) atoms. The Morgan fingerprint density at radius 1 is 1.25 bits per heavy atom. The SMILES string of the molecule is O=C(O)[C@@]12CCCC1C1CCC3=CC=CCC3=C1CC2. The van der Waals surface area contributed by atoms with Crippen LogP contribution in [-0.2, 0) is 4.79 Å². The van der Waals surface area contributed by atoms with Gasteiger partial charge in [0.1, 0.15) is 0 Å². The van der Waals surface area contributed by atoms with Crippen LogP contribution in [0.1, 0.15) is 51.4 Å². The molecule has 1 N–H and O–H groups in total. The average molecular weight is 270 g/mol. The molecule has 0 bridgehead atoms. The quantitative estimate of drug-likeness (QED) is 0.773. The number of fused-ring (bicyclic) bond motifs is 4. The predicted molar refractivity (Wildman–Crippen MR) is 78.2 cm³/mol. The summed E-state index contributed by atoms with van der Waals surface area (Å²) in [6, 6.07) is 0. The zero-order valence-corrected chi connectivity index (χ0v) is 11.9. The predicted octanol–water partition coefficient (Wildman–Crippen LogP) is 4.24. The molecule has 4 rings (SSSR count). The molecule has 0 aliphatic heterocycles. The summed E-state index contributed by atoms with van der Waals surface area (Å²) in [5, 5.41) is 9.78. The van der Waals surface area contributed by atoms with Gasteiger partial charge in [0.25, 0.3) is 0 Å². The van der Waals surface area contributed by atoms with Crippen LogP contribution in [0.3, 0.4) is 0 Å².